The van der Waals surface area contributed by atoms with E-state index in [9.17, 15) is 4.79 Å². The first-order chi connectivity index (χ1) is 13.1. The topological polar surface area (TPSA) is 51.2 Å². The Labute approximate surface area is 187 Å². The highest BCUT2D eigenvalue weighted by atomic mass is 127. The van der Waals surface area contributed by atoms with Crippen LogP contribution in [0, 0.1) is 12.6 Å². The number of halogens is 2. The first-order valence-corrected chi connectivity index (χ1v) is 11.5. The van der Waals surface area contributed by atoms with Crippen molar-refractivity contribution in [1.82, 2.24) is 9.80 Å². The Hall–Kier alpha value is -0.0100. The van der Waals surface area contributed by atoms with Gasteiger partial charge < -0.3 is 14.2 Å². The molecule has 4 rings (SSSR count). The van der Waals surface area contributed by atoms with Gasteiger partial charge in [-0.1, -0.05) is 0 Å². The molecule has 0 bridgehead atoms. The number of morpholine rings is 2. The largest absolute Gasteiger partial charge is 0.491 e. The summed E-state index contributed by atoms with van der Waals surface area (Å²) >= 11 is 4.54. The van der Waals surface area contributed by atoms with Gasteiger partial charge in [0.05, 0.1) is 41.0 Å². The summed E-state index contributed by atoms with van der Waals surface area (Å²) in [5.74, 6) is 0.971. The highest BCUT2D eigenvalue weighted by molar-refractivity contribution is 14.1. The number of ether oxygens (including phenoxy) is 3. The number of nitrogens with zero attached hydrogens (tertiary/aromatic N) is 2. The predicted octanol–water partition coefficient (Wildman–Crippen LogP) is 2.12. The Morgan fingerprint density at radius 2 is 1.48 bits per heavy atom. The molecule has 148 valence electrons. The van der Waals surface area contributed by atoms with Gasteiger partial charge in [-0.15, -0.1) is 0 Å². The van der Waals surface area contributed by atoms with E-state index in [0.717, 1.165) is 71.1 Å². The van der Waals surface area contributed by atoms with Crippen LogP contribution >= 0.6 is 45.2 Å². The van der Waals surface area contributed by atoms with E-state index in [1.54, 1.807) is 0 Å². The lowest BCUT2D eigenvalue weighted by Gasteiger charge is -2.44. The van der Waals surface area contributed by atoms with Gasteiger partial charge in [0.15, 0.2) is 5.78 Å². The molecule has 3 aliphatic heterocycles. The smallest absolute Gasteiger partial charge is 0.178 e. The van der Waals surface area contributed by atoms with Crippen molar-refractivity contribution in [3.63, 3.8) is 0 Å². The Morgan fingerprint density at radius 3 is 2.04 bits per heavy atom. The van der Waals surface area contributed by atoms with Crippen molar-refractivity contribution in [2.75, 3.05) is 72.3 Å². The van der Waals surface area contributed by atoms with Crippen molar-refractivity contribution in [2.45, 2.75) is 0 Å². The average Bonchev–Trinajstić information content (AvgIpc) is 2.67. The van der Waals surface area contributed by atoms with Gasteiger partial charge in [0, 0.05) is 42.8 Å². The van der Waals surface area contributed by atoms with Crippen molar-refractivity contribution >= 4 is 51.0 Å². The molecule has 0 unspecified atom stereocenters. The molecule has 1 aromatic rings. The van der Waals surface area contributed by atoms with E-state index in [1.165, 1.54) is 0 Å². The molecule has 0 N–H and O–H groups in total. The Kier molecular flexibility index (Phi) is 6.59. The normalized spacial score (nSPS) is 23.7. The van der Waals surface area contributed by atoms with E-state index in [1.807, 2.05) is 6.07 Å². The van der Waals surface area contributed by atoms with E-state index < -0.39 is 5.41 Å². The summed E-state index contributed by atoms with van der Waals surface area (Å²) in [5.41, 5.74) is 0.189. The van der Waals surface area contributed by atoms with Crippen molar-refractivity contribution in [1.29, 1.82) is 0 Å². The van der Waals surface area contributed by atoms with Gasteiger partial charge in [-0.2, -0.15) is 0 Å². The number of rotatable bonds is 4. The summed E-state index contributed by atoms with van der Waals surface area (Å²) in [6.45, 7) is 8.27. The van der Waals surface area contributed by atoms with Crippen molar-refractivity contribution < 1.29 is 19.0 Å². The SMILES string of the molecule is O=C1c2cc(I)cc(I)c2OCC1(CN1CCOCC1)CN1CCOCC1. The van der Waals surface area contributed by atoms with Gasteiger partial charge >= 0.3 is 0 Å². The maximum atomic E-state index is 13.8. The summed E-state index contributed by atoms with van der Waals surface area (Å²) in [6, 6.07) is 4.04. The van der Waals surface area contributed by atoms with E-state index in [0.29, 0.717) is 19.7 Å². The molecule has 2 saturated heterocycles. The van der Waals surface area contributed by atoms with Crippen LogP contribution in [0.3, 0.4) is 0 Å². The van der Waals surface area contributed by atoms with Crippen LogP contribution in [0.15, 0.2) is 12.1 Å². The second kappa shape index (κ2) is 8.78. The molecular weight excluding hydrogens is 574 g/mol. The number of carbonyl (C=O) groups is 1. The number of carbonyl (C=O) groups excluding carboxylic acids is 1. The van der Waals surface area contributed by atoms with Gasteiger partial charge in [0.2, 0.25) is 0 Å². The Morgan fingerprint density at radius 1 is 0.926 bits per heavy atom. The zero-order valence-corrected chi connectivity index (χ0v) is 19.5. The minimum Gasteiger partial charge on any atom is -0.491 e. The molecule has 8 heteroatoms. The standard InChI is InChI=1S/C19H24I2N2O4/c20-14-9-15-17(16(21)10-14)27-13-19(18(15)24,11-22-1-5-25-6-2-22)12-23-3-7-26-8-4-23/h9-10H,1-8,11-13H2. The number of ketones is 1. The Bertz CT molecular complexity index is 683. The molecule has 0 amide bonds. The van der Waals surface area contributed by atoms with Gasteiger partial charge in [-0.3, -0.25) is 14.6 Å². The monoisotopic (exact) mass is 598 g/mol. The summed E-state index contributed by atoms with van der Waals surface area (Å²) < 4.78 is 19.3. The molecule has 2 fully saturated rings. The minimum absolute atomic E-state index is 0.221. The number of fused-ring (bicyclic) bond motifs is 1. The van der Waals surface area contributed by atoms with E-state index in [4.69, 9.17) is 14.2 Å². The fraction of sp³-hybridized carbons (Fsp3) is 0.632. The molecule has 0 spiro atoms. The number of Topliss-reactive ketones (excluding diaryl/α,β-unsaturated/α-hetero) is 1. The summed E-state index contributed by atoms with van der Waals surface area (Å²) in [5, 5.41) is 0. The molecule has 0 aliphatic carbocycles. The molecule has 0 aromatic heterocycles. The van der Waals surface area contributed by atoms with Gasteiger partial charge in [-0.25, -0.2) is 0 Å². The minimum atomic E-state index is -0.546. The zero-order chi connectivity index (χ0) is 18.9. The second-order valence-corrected chi connectivity index (χ2v) is 9.85. The number of benzene rings is 1. The molecule has 3 aliphatic rings. The first-order valence-electron chi connectivity index (χ1n) is 9.34. The Balaban J connectivity index is 1.65. The fourth-order valence-corrected chi connectivity index (χ4v) is 6.10. The molecule has 3 heterocycles. The molecule has 0 radical (unpaired) electrons. The number of hydrogen-bond acceptors (Lipinski definition) is 6. The molecule has 0 saturated carbocycles. The van der Waals surface area contributed by atoms with Crippen LogP contribution in [-0.4, -0.2) is 87.9 Å². The van der Waals surface area contributed by atoms with E-state index in [2.05, 4.69) is 61.0 Å². The maximum absolute atomic E-state index is 13.8. The van der Waals surface area contributed by atoms with Gasteiger partial charge in [0.25, 0.3) is 0 Å². The zero-order valence-electron chi connectivity index (χ0n) is 15.2. The second-order valence-electron chi connectivity index (χ2n) is 7.44. The summed E-state index contributed by atoms with van der Waals surface area (Å²) in [7, 11) is 0. The van der Waals surface area contributed by atoms with Gasteiger partial charge in [-0.05, 0) is 57.3 Å². The molecule has 1 aromatic carbocycles. The highest BCUT2D eigenvalue weighted by Crippen LogP contribution is 2.40. The molecule has 6 nitrogen and oxygen atoms in total. The molecule has 27 heavy (non-hydrogen) atoms. The van der Waals surface area contributed by atoms with Crippen LogP contribution in [0.5, 0.6) is 5.75 Å². The van der Waals surface area contributed by atoms with Gasteiger partial charge in [0.1, 0.15) is 12.4 Å². The molecular formula is C19H24I2N2O4. The van der Waals surface area contributed by atoms with Crippen LogP contribution in [-0.2, 0) is 9.47 Å². The third kappa shape index (κ3) is 4.45. The maximum Gasteiger partial charge on any atom is 0.178 e. The van der Waals surface area contributed by atoms with Crippen molar-refractivity contribution in [3.05, 3.63) is 24.8 Å². The molecule has 0 atom stereocenters. The average molecular weight is 598 g/mol. The lowest BCUT2D eigenvalue weighted by atomic mass is 9.77. The fourth-order valence-electron chi connectivity index (χ4n) is 4.10. The lowest BCUT2D eigenvalue weighted by Crippen LogP contribution is -2.58. The van der Waals surface area contributed by atoms with E-state index >= 15 is 0 Å². The highest BCUT2D eigenvalue weighted by Gasteiger charge is 2.47. The first kappa shape index (κ1) is 20.3. The van der Waals surface area contributed by atoms with E-state index in [-0.39, 0.29) is 5.78 Å². The number of hydrogen-bond donors (Lipinski definition) is 0. The third-order valence-electron chi connectivity index (χ3n) is 5.49. The lowest BCUT2D eigenvalue weighted by molar-refractivity contribution is -0.0220. The quantitative estimate of drug-likeness (QED) is 0.496. The van der Waals surface area contributed by atoms with Crippen LogP contribution in [0.4, 0.5) is 0 Å². The predicted molar refractivity (Wildman–Crippen MR) is 119 cm³/mol. The van der Waals surface area contributed by atoms with Crippen LogP contribution in [0.1, 0.15) is 10.4 Å². The third-order valence-corrected chi connectivity index (χ3v) is 6.91. The van der Waals surface area contributed by atoms with Crippen LogP contribution in [0.25, 0.3) is 0 Å². The van der Waals surface area contributed by atoms with Crippen molar-refractivity contribution in [3.8, 4) is 5.75 Å². The summed E-state index contributed by atoms with van der Waals surface area (Å²) in [6.07, 6.45) is 0. The van der Waals surface area contributed by atoms with Crippen molar-refractivity contribution in [2.24, 2.45) is 5.41 Å². The van der Waals surface area contributed by atoms with Crippen LogP contribution < -0.4 is 4.74 Å². The summed E-state index contributed by atoms with van der Waals surface area (Å²) in [4.78, 5) is 18.5. The van der Waals surface area contributed by atoms with Crippen LogP contribution in [0.2, 0.25) is 0 Å².